The first kappa shape index (κ1) is 20.2. The van der Waals surface area contributed by atoms with Crippen molar-refractivity contribution >= 4 is 40.5 Å². The molecule has 32 heavy (non-hydrogen) atoms. The molecule has 8 nitrogen and oxygen atoms in total. The highest BCUT2D eigenvalue weighted by Gasteiger charge is 2.42. The summed E-state index contributed by atoms with van der Waals surface area (Å²) in [5.74, 6) is 0.440. The Kier molecular flexibility index (Phi) is 5.11. The van der Waals surface area contributed by atoms with Gasteiger partial charge >= 0.3 is 0 Å². The van der Waals surface area contributed by atoms with Crippen molar-refractivity contribution in [2.75, 3.05) is 26.2 Å². The minimum absolute atomic E-state index is 0.0173. The van der Waals surface area contributed by atoms with Crippen molar-refractivity contribution in [3.8, 4) is 6.07 Å². The summed E-state index contributed by atoms with van der Waals surface area (Å²) < 4.78 is 0. The molecule has 0 saturated carbocycles. The zero-order valence-electron chi connectivity index (χ0n) is 17.0. The van der Waals surface area contributed by atoms with Crippen molar-refractivity contribution in [2.45, 2.75) is 0 Å². The number of aromatic nitrogens is 3. The van der Waals surface area contributed by atoms with Crippen molar-refractivity contribution in [1.29, 1.82) is 5.26 Å². The standard InChI is InChI=1S/C23H19ClN6O2/c24-19-6-14(5-15(7-19)9-25)1-4-22(31)29-10-17-12-30(13-18(17)11-29)23(32)16-2-3-20-21(8-16)27-28-26-20/h1-8,17-18H,10-13H2,(H,26,27,28)/b4-1+/t17-,18-/m1/s1. The number of hydrogen-bond acceptors (Lipinski definition) is 5. The van der Waals surface area contributed by atoms with Gasteiger partial charge in [-0.3, -0.25) is 14.7 Å². The molecule has 2 aromatic carbocycles. The number of halogens is 1. The van der Waals surface area contributed by atoms with Crippen LogP contribution >= 0.6 is 11.6 Å². The van der Waals surface area contributed by atoms with Crippen molar-refractivity contribution in [2.24, 2.45) is 11.8 Å². The number of nitriles is 1. The van der Waals surface area contributed by atoms with Crippen molar-refractivity contribution in [3.05, 3.63) is 64.2 Å². The van der Waals surface area contributed by atoms with E-state index in [2.05, 4.69) is 21.5 Å². The highest BCUT2D eigenvalue weighted by atomic mass is 35.5. The molecule has 9 heteroatoms. The summed E-state index contributed by atoms with van der Waals surface area (Å²) >= 11 is 6.02. The van der Waals surface area contributed by atoms with E-state index in [1.807, 2.05) is 15.9 Å². The zero-order chi connectivity index (χ0) is 22.2. The number of H-pyrrole nitrogens is 1. The van der Waals surface area contributed by atoms with Crippen LogP contribution in [0.5, 0.6) is 0 Å². The number of amides is 2. The minimum Gasteiger partial charge on any atom is -0.338 e. The quantitative estimate of drug-likeness (QED) is 0.622. The zero-order valence-corrected chi connectivity index (χ0v) is 17.8. The molecule has 0 bridgehead atoms. The van der Waals surface area contributed by atoms with Gasteiger partial charge in [0.1, 0.15) is 5.52 Å². The molecule has 0 unspecified atom stereocenters. The largest absolute Gasteiger partial charge is 0.338 e. The van der Waals surface area contributed by atoms with E-state index in [1.54, 1.807) is 36.4 Å². The molecule has 1 aromatic heterocycles. The molecule has 2 atom stereocenters. The number of hydrogen-bond donors (Lipinski definition) is 1. The highest BCUT2D eigenvalue weighted by Crippen LogP contribution is 2.32. The maximum absolute atomic E-state index is 12.9. The average molecular weight is 447 g/mol. The SMILES string of the molecule is N#Cc1cc(Cl)cc(/C=C/C(=O)N2C[C@@H]3CN(C(=O)c4ccc5[nH]nnc5c4)C[C@H]3C2)c1. The van der Waals surface area contributed by atoms with Crippen molar-refractivity contribution < 1.29 is 9.59 Å². The number of carbonyl (C=O) groups excluding carboxylic acids is 2. The second-order valence-corrected chi connectivity index (χ2v) is 8.67. The molecule has 2 saturated heterocycles. The van der Waals surface area contributed by atoms with Gasteiger partial charge < -0.3 is 9.80 Å². The lowest BCUT2D eigenvalue weighted by molar-refractivity contribution is -0.125. The van der Waals surface area contributed by atoms with Crippen LogP contribution in [0.2, 0.25) is 5.02 Å². The number of nitrogens with zero attached hydrogens (tertiary/aromatic N) is 5. The summed E-state index contributed by atoms with van der Waals surface area (Å²) in [6.45, 7) is 2.51. The number of nitrogens with one attached hydrogen (secondary N) is 1. The maximum atomic E-state index is 12.9. The van der Waals surface area contributed by atoms with Gasteiger partial charge in [0.2, 0.25) is 5.91 Å². The van der Waals surface area contributed by atoms with Gasteiger partial charge in [0, 0.05) is 54.7 Å². The summed E-state index contributed by atoms with van der Waals surface area (Å²) in [4.78, 5) is 29.3. The van der Waals surface area contributed by atoms with Gasteiger partial charge in [-0.1, -0.05) is 16.8 Å². The van der Waals surface area contributed by atoms with Crippen LogP contribution in [-0.2, 0) is 4.79 Å². The topological polar surface area (TPSA) is 106 Å². The summed E-state index contributed by atoms with van der Waals surface area (Å²) in [6, 6.07) is 12.4. The molecule has 5 rings (SSSR count). The fourth-order valence-corrected chi connectivity index (χ4v) is 4.79. The minimum atomic E-state index is -0.0766. The molecule has 3 aromatic rings. The molecule has 0 radical (unpaired) electrons. The van der Waals surface area contributed by atoms with Gasteiger partial charge in [-0.2, -0.15) is 5.26 Å². The number of benzene rings is 2. The number of fused-ring (bicyclic) bond motifs is 2. The fraction of sp³-hybridized carbons (Fsp3) is 0.261. The summed E-state index contributed by atoms with van der Waals surface area (Å²) in [5, 5.41) is 20.0. The lowest BCUT2D eigenvalue weighted by atomic mass is 10.0. The maximum Gasteiger partial charge on any atom is 0.253 e. The Morgan fingerprint density at radius 2 is 1.84 bits per heavy atom. The van der Waals surface area contributed by atoms with Gasteiger partial charge in [-0.05, 0) is 48.0 Å². The summed E-state index contributed by atoms with van der Waals surface area (Å²) in [7, 11) is 0. The Hall–Kier alpha value is -3.70. The first-order valence-corrected chi connectivity index (χ1v) is 10.7. The number of aromatic amines is 1. The molecule has 0 spiro atoms. The van der Waals surface area contributed by atoms with Crippen LogP contribution in [0.25, 0.3) is 17.1 Å². The highest BCUT2D eigenvalue weighted by molar-refractivity contribution is 6.30. The molecule has 1 N–H and O–H groups in total. The second kappa shape index (κ2) is 8.09. The van der Waals surface area contributed by atoms with Crippen LogP contribution < -0.4 is 0 Å². The Bertz CT molecular complexity index is 1280. The normalized spacial score (nSPS) is 20.1. The first-order chi connectivity index (χ1) is 15.5. The number of rotatable bonds is 3. The third-order valence-electron chi connectivity index (χ3n) is 6.13. The Morgan fingerprint density at radius 3 is 2.59 bits per heavy atom. The van der Waals surface area contributed by atoms with Crippen LogP contribution in [0, 0.1) is 23.2 Å². The smallest absolute Gasteiger partial charge is 0.253 e. The van der Waals surface area contributed by atoms with Crippen molar-refractivity contribution in [1.82, 2.24) is 25.2 Å². The molecule has 2 aliphatic heterocycles. The van der Waals surface area contributed by atoms with E-state index < -0.39 is 0 Å². The van der Waals surface area contributed by atoms with Gasteiger partial charge in [-0.25, -0.2) is 0 Å². The third kappa shape index (κ3) is 3.83. The van der Waals surface area contributed by atoms with Crippen LogP contribution in [-0.4, -0.2) is 63.2 Å². The Morgan fingerprint density at radius 1 is 1.09 bits per heavy atom. The molecular formula is C23H19ClN6O2. The predicted octanol–water partition coefficient (Wildman–Crippen LogP) is 2.73. The molecule has 2 fully saturated rings. The van der Waals surface area contributed by atoms with E-state index in [1.165, 1.54) is 6.08 Å². The Labute approximate surface area is 189 Å². The van der Waals surface area contributed by atoms with E-state index in [0.29, 0.717) is 53.4 Å². The van der Waals surface area contributed by atoms with Crippen LogP contribution in [0.4, 0.5) is 0 Å². The number of likely N-dealkylation sites (tertiary alicyclic amines) is 2. The summed E-state index contributed by atoms with van der Waals surface area (Å²) in [5.41, 5.74) is 3.22. The Balaban J connectivity index is 1.21. The molecule has 2 amide bonds. The van der Waals surface area contributed by atoms with E-state index in [4.69, 9.17) is 16.9 Å². The van der Waals surface area contributed by atoms with E-state index in [0.717, 1.165) is 5.52 Å². The lowest BCUT2D eigenvalue weighted by Gasteiger charge is -2.21. The summed E-state index contributed by atoms with van der Waals surface area (Å²) in [6.07, 6.45) is 3.20. The van der Waals surface area contributed by atoms with Crippen molar-refractivity contribution in [3.63, 3.8) is 0 Å². The van der Waals surface area contributed by atoms with Crippen LogP contribution in [0.3, 0.4) is 0 Å². The average Bonchev–Trinajstić information content (AvgIpc) is 3.50. The van der Waals surface area contributed by atoms with Crippen LogP contribution in [0.1, 0.15) is 21.5 Å². The van der Waals surface area contributed by atoms with Gasteiger partial charge in [0.25, 0.3) is 5.91 Å². The predicted molar refractivity (Wildman–Crippen MR) is 119 cm³/mol. The van der Waals surface area contributed by atoms with Gasteiger partial charge in [-0.15, -0.1) is 5.10 Å². The third-order valence-corrected chi connectivity index (χ3v) is 6.34. The molecule has 0 aliphatic carbocycles. The van der Waals surface area contributed by atoms with E-state index in [-0.39, 0.29) is 23.7 Å². The van der Waals surface area contributed by atoms with Crippen LogP contribution in [0.15, 0.2) is 42.5 Å². The monoisotopic (exact) mass is 446 g/mol. The molecular weight excluding hydrogens is 428 g/mol. The van der Waals surface area contributed by atoms with E-state index >= 15 is 0 Å². The van der Waals surface area contributed by atoms with Gasteiger partial charge in [0.05, 0.1) is 17.1 Å². The first-order valence-electron chi connectivity index (χ1n) is 10.3. The number of carbonyl (C=O) groups is 2. The molecule has 2 aliphatic rings. The molecule has 160 valence electrons. The molecule has 3 heterocycles. The lowest BCUT2D eigenvalue weighted by Crippen LogP contribution is -2.35. The van der Waals surface area contributed by atoms with Gasteiger partial charge in [0.15, 0.2) is 0 Å². The fourth-order valence-electron chi connectivity index (χ4n) is 4.54. The van der Waals surface area contributed by atoms with E-state index in [9.17, 15) is 9.59 Å². The second-order valence-electron chi connectivity index (χ2n) is 8.24.